The highest BCUT2D eigenvalue weighted by atomic mass is 35.5. The molecule has 0 saturated heterocycles. The number of rotatable bonds is 5. The molecule has 21 heavy (non-hydrogen) atoms. The van der Waals surface area contributed by atoms with E-state index in [1.165, 1.54) is 0 Å². The Labute approximate surface area is 134 Å². The normalized spacial score (nSPS) is 12.0. The number of benzene rings is 2. The molecule has 0 aliphatic carbocycles. The second-order valence-electron chi connectivity index (χ2n) is 4.72. The predicted octanol–water partition coefficient (Wildman–Crippen LogP) is 4.60. The van der Waals surface area contributed by atoms with Gasteiger partial charge in [-0.2, -0.15) is 0 Å². The maximum absolute atomic E-state index is 6.12. The molecule has 0 saturated carbocycles. The molecule has 0 aliphatic heterocycles. The van der Waals surface area contributed by atoms with E-state index in [-0.39, 0.29) is 6.04 Å². The van der Waals surface area contributed by atoms with Crippen molar-refractivity contribution in [2.75, 3.05) is 7.11 Å². The summed E-state index contributed by atoms with van der Waals surface area (Å²) in [5.41, 5.74) is 7.67. The van der Waals surface area contributed by atoms with Gasteiger partial charge in [0, 0.05) is 21.7 Å². The lowest BCUT2D eigenvalue weighted by atomic mass is 10.1. The van der Waals surface area contributed by atoms with E-state index in [4.69, 9.17) is 38.4 Å². The molecule has 0 bridgehead atoms. The summed E-state index contributed by atoms with van der Waals surface area (Å²) in [5.74, 6) is 1.28. The first-order valence-electron chi connectivity index (χ1n) is 6.51. The van der Waals surface area contributed by atoms with Gasteiger partial charge in [-0.1, -0.05) is 29.3 Å². The van der Waals surface area contributed by atoms with Gasteiger partial charge in [0.05, 0.1) is 7.11 Å². The largest absolute Gasteiger partial charge is 0.493 e. The summed E-state index contributed by atoms with van der Waals surface area (Å²) in [6.45, 7) is 2.23. The van der Waals surface area contributed by atoms with Crippen LogP contribution in [0.5, 0.6) is 11.5 Å². The van der Waals surface area contributed by atoms with Gasteiger partial charge in [-0.3, -0.25) is 0 Å². The van der Waals surface area contributed by atoms with Crippen molar-refractivity contribution in [2.24, 2.45) is 5.73 Å². The highest BCUT2D eigenvalue weighted by Crippen LogP contribution is 2.31. The molecule has 2 aromatic rings. The minimum atomic E-state index is -0.0599. The van der Waals surface area contributed by atoms with Crippen LogP contribution in [0.3, 0.4) is 0 Å². The van der Waals surface area contributed by atoms with Crippen LogP contribution in [-0.4, -0.2) is 7.11 Å². The summed E-state index contributed by atoms with van der Waals surface area (Å²) in [6, 6.07) is 10.9. The van der Waals surface area contributed by atoms with E-state index in [1.54, 1.807) is 25.3 Å². The Morgan fingerprint density at radius 2 is 1.86 bits per heavy atom. The van der Waals surface area contributed by atoms with Crippen molar-refractivity contribution >= 4 is 23.2 Å². The molecule has 2 aromatic carbocycles. The lowest BCUT2D eigenvalue weighted by Crippen LogP contribution is -2.06. The Kier molecular flexibility index (Phi) is 5.34. The van der Waals surface area contributed by atoms with E-state index in [0.29, 0.717) is 28.2 Å². The van der Waals surface area contributed by atoms with Gasteiger partial charge >= 0.3 is 0 Å². The van der Waals surface area contributed by atoms with Crippen LogP contribution in [0, 0.1) is 0 Å². The SMILES string of the molecule is COc1cc(C(C)N)ccc1OCc1cc(Cl)ccc1Cl. The van der Waals surface area contributed by atoms with Crippen LogP contribution < -0.4 is 15.2 Å². The van der Waals surface area contributed by atoms with Crippen molar-refractivity contribution in [2.45, 2.75) is 19.6 Å². The van der Waals surface area contributed by atoms with E-state index < -0.39 is 0 Å². The zero-order valence-electron chi connectivity index (χ0n) is 11.9. The van der Waals surface area contributed by atoms with Gasteiger partial charge in [-0.25, -0.2) is 0 Å². The Morgan fingerprint density at radius 1 is 1.10 bits per heavy atom. The zero-order chi connectivity index (χ0) is 15.4. The molecule has 0 amide bonds. The Bertz CT molecular complexity index is 630. The van der Waals surface area contributed by atoms with Gasteiger partial charge in [0.2, 0.25) is 0 Å². The lowest BCUT2D eigenvalue weighted by molar-refractivity contribution is 0.284. The standard InChI is InChI=1S/C16H17Cl2NO2/c1-10(19)11-3-6-15(16(8-11)20-2)21-9-12-7-13(17)4-5-14(12)18/h3-8,10H,9,19H2,1-2H3. The van der Waals surface area contributed by atoms with Crippen molar-refractivity contribution in [3.05, 3.63) is 57.6 Å². The van der Waals surface area contributed by atoms with Gasteiger partial charge in [-0.15, -0.1) is 0 Å². The molecule has 112 valence electrons. The van der Waals surface area contributed by atoms with Crippen molar-refractivity contribution in [1.29, 1.82) is 0 Å². The van der Waals surface area contributed by atoms with Crippen LogP contribution in [0.4, 0.5) is 0 Å². The Hall–Kier alpha value is -1.42. The zero-order valence-corrected chi connectivity index (χ0v) is 13.4. The number of hydrogen-bond donors (Lipinski definition) is 1. The van der Waals surface area contributed by atoms with E-state index >= 15 is 0 Å². The maximum atomic E-state index is 6.12. The van der Waals surface area contributed by atoms with Gasteiger partial charge < -0.3 is 15.2 Å². The minimum absolute atomic E-state index is 0.0599. The second-order valence-corrected chi connectivity index (χ2v) is 5.57. The quantitative estimate of drug-likeness (QED) is 0.873. The van der Waals surface area contributed by atoms with Crippen molar-refractivity contribution < 1.29 is 9.47 Å². The van der Waals surface area contributed by atoms with E-state index in [1.807, 2.05) is 25.1 Å². The molecule has 0 fully saturated rings. The summed E-state index contributed by atoms with van der Waals surface area (Å²) in [6.07, 6.45) is 0. The highest BCUT2D eigenvalue weighted by molar-refractivity contribution is 6.33. The number of ether oxygens (including phenoxy) is 2. The first-order chi connectivity index (χ1) is 10.0. The van der Waals surface area contributed by atoms with Crippen molar-refractivity contribution in [1.82, 2.24) is 0 Å². The van der Waals surface area contributed by atoms with E-state index in [2.05, 4.69) is 0 Å². The second kappa shape index (κ2) is 7.03. The van der Waals surface area contributed by atoms with Gasteiger partial charge in [0.15, 0.2) is 11.5 Å². The molecule has 2 N–H and O–H groups in total. The smallest absolute Gasteiger partial charge is 0.161 e. The van der Waals surface area contributed by atoms with Crippen LogP contribution in [0.15, 0.2) is 36.4 Å². The van der Waals surface area contributed by atoms with Crippen molar-refractivity contribution in [3.8, 4) is 11.5 Å². The summed E-state index contributed by atoms with van der Waals surface area (Å²) in [4.78, 5) is 0. The third kappa shape index (κ3) is 4.03. The van der Waals surface area contributed by atoms with Gasteiger partial charge in [0.25, 0.3) is 0 Å². The van der Waals surface area contributed by atoms with E-state index in [9.17, 15) is 0 Å². The highest BCUT2D eigenvalue weighted by Gasteiger charge is 2.09. The average molecular weight is 326 g/mol. The molecule has 1 unspecified atom stereocenters. The van der Waals surface area contributed by atoms with Gasteiger partial charge in [-0.05, 0) is 42.8 Å². The Morgan fingerprint density at radius 3 is 2.52 bits per heavy atom. The molecule has 0 aromatic heterocycles. The molecule has 0 radical (unpaired) electrons. The fourth-order valence-corrected chi connectivity index (χ4v) is 2.26. The van der Waals surface area contributed by atoms with E-state index in [0.717, 1.165) is 11.1 Å². The van der Waals surface area contributed by atoms with Crippen LogP contribution in [0.2, 0.25) is 10.0 Å². The number of methoxy groups -OCH3 is 1. The van der Waals surface area contributed by atoms with Crippen molar-refractivity contribution in [3.63, 3.8) is 0 Å². The molecule has 0 aliphatic rings. The topological polar surface area (TPSA) is 44.5 Å². The summed E-state index contributed by atoms with van der Waals surface area (Å²) >= 11 is 12.1. The lowest BCUT2D eigenvalue weighted by Gasteiger charge is -2.14. The summed E-state index contributed by atoms with van der Waals surface area (Å²) < 4.78 is 11.1. The van der Waals surface area contributed by atoms with Crippen LogP contribution in [0.1, 0.15) is 24.1 Å². The molecule has 2 rings (SSSR count). The molecular weight excluding hydrogens is 309 g/mol. The molecule has 0 spiro atoms. The van der Waals surface area contributed by atoms with Crippen LogP contribution >= 0.6 is 23.2 Å². The number of hydrogen-bond acceptors (Lipinski definition) is 3. The molecule has 1 atom stereocenters. The third-order valence-electron chi connectivity index (χ3n) is 3.10. The minimum Gasteiger partial charge on any atom is -0.493 e. The molecule has 0 heterocycles. The maximum Gasteiger partial charge on any atom is 0.161 e. The average Bonchev–Trinajstić information content (AvgIpc) is 2.47. The van der Waals surface area contributed by atoms with Crippen LogP contribution in [0.25, 0.3) is 0 Å². The number of nitrogens with two attached hydrogens (primary N) is 1. The molecule has 3 nitrogen and oxygen atoms in total. The number of halogens is 2. The van der Waals surface area contributed by atoms with Gasteiger partial charge in [0.1, 0.15) is 6.61 Å². The fourth-order valence-electron chi connectivity index (χ4n) is 1.90. The molecular formula is C16H17Cl2NO2. The summed E-state index contributed by atoms with van der Waals surface area (Å²) in [5, 5.41) is 1.24. The molecule has 5 heteroatoms. The summed E-state index contributed by atoms with van der Waals surface area (Å²) in [7, 11) is 1.60. The Balaban J connectivity index is 2.18. The predicted molar refractivity (Wildman–Crippen MR) is 86.4 cm³/mol. The fraction of sp³-hybridized carbons (Fsp3) is 0.250. The van der Waals surface area contributed by atoms with Crippen LogP contribution in [-0.2, 0) is 6.61 Å². The monoisotopic (exact) mass is 325 g/mol. The first-order valence-corrected chi connectivity index (χ1v) is 7.27. The third-order valence-corrected chi connectivity index (χ3v) is 3.71. The first kappa shape index (κ1) is 16.0.